The van der Waals surface area contributed by atoms with E-state index in [1.54, 1.807) is 41.5 Å². The van der Waals surface area contributed by atoms with Crippen molar-refractivity contribution in [2.75, 3.05) is 4.90 Å². The third-order valence-electron chi connectivity index (χ3n) is 2.62. The molecule has 0 atom stereocenters. The van der Waals surface area contributed by atoms with Crippen LogP contribution in [0, 0.1) is 0 Å². The molecule has 0 saturated carbocycles. The Kier molecular flexibility index (Phi) is 6.39. The third-order valence-corrected chi connectivity index (χ3v) is 3.20. The number of halogens is 1. The maximum Gasteiger partial charge on any atom is 0.424 e. The number of imide groups is 1. The molecule has 0 unspecified atom stereocenters. The molecule has 1 aromatic rings. The molecule has 1 aromatic heterocycles. The van der Waals surface area contributed by atoms with Crippen molar-refractivity contribution in [3.8, 4) is 0 Å². The molecular formula is C16H24BrN3O5. The highest BCUT2D eigenvalue weighted by Crippen LogP contribution is 2.20. The van der Waals surface area contributed by atoms with Crippen LogP contribution in [-0.4, -0.2) is 33.2 Å². The average Bonchev–Trinajstić information content (AvgIpc) is 2.39. The minimum atomic E-state index is -0.995. The van der Waals surface area contributed by atoms with Gasteiger partial charge >= 0.3 is 12.2 Å². The molecule has 9 heteroatoms. The largest absolute Gasteiger partial charge is 0.443 e. The predicted octanol–water partition coefficient (Wildman–Crippen LogP) is 3.35. The van der Waals surface area contributed by atoms with Crippen LogP contribution in [0.1, 0.15) is 47.2 Å². The van der Waals surface area contributed by atoms with Gasteiger partial charge in [0, 0.05) is 12.4 Å². The van der Waals surface area contributed by atoms with Gasteiger partial charge in [0.25, 0.3) is 5.56 Å². The fourth-order valence-corrected chi connectivity index (χ4v) is 2.04. The first-order valence-electron chi connectivity index (χ1n) is 7.64. The number of carbonyl (C=O) groups excluding carboxylic acids is 2. The SMILES string of the molecule is Cn1nc(CBr)cc(N(C(=O)OC(C)(C)C)C(=O)OC(C)(C)C)c1=O. The summed E-state index contributed by atoms with van der Waals surface area (Å²) in [4.78, 5) is 38.2. The van der Waals surface area contributed by atoms with Gasteiger partial charge in [0.2, 0.25) is 0 Å². The Bertz CT molecular complexity index is 688. The van der Waals surface area contributed by atoms with E-state index >= 15 is 0 Å². The van der Waals surface area contributed by atoms with Crippen molar-refractivity contribution in [1.29, 1.82) is 0 Å². The van der Waals surface area contributed by atoms with Crippen molar-refractivity contribution in [3.05, 3.63) is 22.1 Å². The molecular weight excluding hydrogens is 394 g/mol. The number of rotatable bonds is 2. The molecule has 25 heavy (non-hydrogen) atoms. The number of aryl methyl sites for hydroxylation is 1. The van der Waals surface area contributed by atoms with Gasteiger partial charge in [0.1, 0.15) is 16.9 Å². The first kappa shape index (κ1) is 21.1. The summed E-state index contributed by atoms with van der Waals surface area (Å²) in [7, 11) is 1.43. The zero-order valence-electron chi connectivity index (χ0n) is 15.5. The van der Waals surface area contributed by atoms with E-state index in [1.165, 1.54) is 13.1 Å². The second kappa shape index (κ2) is 7.55. The quantitative estimate of drug-likeness (QED) is 0.685. The van der Waals surface area contributed by atoms with Crippen LogP contribution in [0.3, 0.4) is 0 Å². The lowest BCUT2D eigenvalue weighted by atomic mass is 10.2. The maximum absolute atomic E-state index is 12.6. The molecule has 0 radical (unpaired) electrons. The van der Waals surface area contributed by atoms with E-state index in [2.05, 4.69) is 21.0 Å². The highest BCUT2D eigenvalue weighted by Gasteiger charge is 2.34. The first-order chi connectivity index (χ1) is 11.2. The number of alkyl halides is 1. The molecule has 140 valence electrons. The number of hydrogen-bond acceptors (Lipinski definition) is 6. The van der Waals surface area contributed by atoms with Crippen molar-refractivity contribution in [2.24, 2.45) is 7.05 Å². The molecule has 0 bridgehead atoms. The van der Waals surface area contributed by atoms with Crippen LogP contribution < -0.4 is 10.5 Å². The lowest BCUT2D eigenvalue weighted by molar-refractivity contribution is 0.0430. The number of amides is 2. The van der Waals surface area contributed by atoms with Gasteiger partial charge in [0.15, 0.2) is 0 Å². The summed E-state index contributed by atoms with van der Waals surface area (Å²) >= 11 is 3.24. The molecule has 0 aliphatic carbocycles. The molecule has 0 fully saturated rings. The fraction of sp³-hybridized carbons (Fsp3) is 0.625. The summed E-state index contributed by atoms with van der Waals surface area (Å²) in [6, 6.07) is 1.35. The maximum atomic E-state index is 12.6. The van der Waals surface area contributed by atoms with Gasteiger partial charge in [-0.15, -0.1) is 0 Å². The van der Waals surface area contributed by atoms with Gasteiger partial charge in [-0.2, -0.15) is 10.00 Å². The van der Waals surface area contributed by atoms with Crippen molar-refractivity contribution in [2.45, 2.75) is 58.1 Å². The Morgan fingerprint density at radius 1 is 1.12 bits per heavy atom. The average molecular weight is 418 g/mol. The second-order valence-corrected chi connectivity index (χ2v) is 7.94. The summed E-state index contributed by atoms with van der Waals surface area (Å²) in [6.07, 6.45) is -1.99. The number of ether oxygens (including phenoxy) is 2. The van der Waals surface area contributed by atoms with E-state index in [-0.39, 0.29) is 5.69 Å². The summed E-state index contributed by atoms with van der Waals surface area (Å²) in [5.74, 6) is 0. The fourth-order valence-electron chi connectivity index (χ4n) is 1.76. The molecule has 1 heterocycles. The van der Waals surface area contributed by atoms with E-state index in [0.717, 1.165) is 4.68 Å². The highest BCUT2D eigenvalue weighted by molar-refractivity contribution is 9.08. The lowest BCUT2D eigenvalue weighted by Gasteiger charge is -2.28. The van der Waals surface area contributed by atoms with Crippen molar-refractivity contribution in [1.82, 2.24) is 9.78 Å². The van der Waals surface area contributed by atoms with Crippen molar-refractivity contribution in [3.63, 3.8) is 0 Å². The van der Waals surface area contributed by atoms with Crippen LogP contribution in [0.5, 0.6) is 0 Å². The monoisotopic (exact) mass is 417 g/mol. The van der Waals surface area contributed by atoms with Gasteiger partial charge < -0.3 is 9.47 Å². The Morgan fingerprint density at radius 3 is 1.92 bits per heavy atom. The topological polar surface area (TPSA) is 90.7 Å². The standard InChI is InChI=1S/C16H24BrN3O5/c1-15(2,3)24-13(22)20(14(23)25-16(4,5)6)11-8-10(9-17)18-19(7)12(11)21/h8H,9H2,1-7H3. The lowest BCUT2D eigenvalue weighted by Crippen LogP contribution is -2.46. The van der Waals surface area contributed by atoms with Crippen LogP contribution in [0.4, 0.5) is 15.3 Å². The van der Waals surface area contributed by atoms with Gasteiger partial charge in [-0.25, -0.2) is 14.3 Å². The van der Waals surface area contributed by atoms with Gasteiger partial charge in [-0.1, -0.05) is 15.9 Å². The van der Waals surface area contributed by atoms with E-state index in [0.29, 0.717) is 15.9 Å². The number of hydrogen-bond donors (Lipinski definition) is 0. The normalized spacial score (nSPS) is 11.8. The zero-order valence-corrected chi connectivity index (χ0v) is 17.1. The van der Waals surface area contributed by atoms with Crippen LogP contribution >= 0.6 is 15.9 Å². The molecule has 0 N–H and O–H groups in total. The Hall–Kier alpha value is -1.90. The minimum Gasteiger partial charge on any atom is -0.443 e. The smallest absolute Gasteiger partial charge is 0.424 e. The first-order valence-corrected chi connectivity index (χ1v) is 8.76. The van der Waals surface area contributed by atoms with E-state index < -0.39 is 28.9 Å². The number of aromatic nitrogens is 2. The molecule has 0 spiro atoms. The van der Waals surface area contributed by atoms with E-state index in [9.17, 15) is 14.4 Å². The molecule has 1 rings (SSSR count). The van der Waals surface area contributed by atoms with Gasteiger partial charge in [0.05, 0.1) is 5.69 Å². The Labute approximate surface area is 155 Å². The summed E-state index contributed by atoms with van der Waals surface area (Å²) in [5.41, 5.74) is -2.05. The van der Waals surface area contributed by atoms with Crippen LogP contribution in [-0.2, 0) is 21.9 Å². The molecule has 0 aromatic carbocycles. The molecule has 0 saturated heterocycles. The van der Waals surface area contributed by atoms with Crippen molar-refractivity contribution < 1.29 is 19.1 Å². The Morgan fingerprint density at radius 2 is 1.56 bits per heavy atom. The predicted molar refractivity (Wildman–Crippen MR) is 97.1 cm³/mol. The van der Waals surface area contributed by atoms with Crippen LogP contribution in [0.15, 0.2) is 10.9 Å². The number of nitrogens with zero attached hydrogens (tertiary/aromatic N) is 3. The molecule has 2 amide bonds. The van der Waals surface area contributed by atoms with Crippen molar-refractivity contribution >= 4 is 33.8 Å². The number of carbonyl (C=O) groups is 2. The Balaban J connectivity index is 3.46. The summed E-state index contributed by atoms with van der Waals surface area (Å²) in [5, 5.41) is 4.37. The van der Waals surface area contributed by atoms with Gasteiger partial charge in [-0.3, -0.25) is 4.79 Å². The van der Waals surface area contributed by atoms with Gasteiger partial charge in [-0.05, 0) is 47.6 Å². The zero-order chi connectivity index (χ0) is 19.6. The highest BCUT2D eigenvalue weighted by atomic mass is 79.9. The van der Waals surface area contributed by atoms with Crippen LogP contribution in [0.25, 0.3) is 0 Å². The third kappa shape index (κ3) is 6.15. The summed E-state index contributed by atoms with van der Waals surface area (Å²) < 4.78 is 11.6. The number of anilines is 1. The van der Waals surface area contributed by atoms with E-state index in [4.69, 9.17) is 9.47 Å². The second-order valence-electron chi connectivity index (χ2n) is 7.38. The molecule has 8 nitrogen and oxygen atoms in total. The minimum absolute atomic E-state index is 0.185. The van der Waals surface area contributed by atoms with Crippen LogP contribution in [0.2, 0.25) is 0 Å². The molecule has 0 aliphatic rings. The van der Waals surface area contributed by atoms with E-state index in [1.807, 2.05) is 0 Å². The summed E-state index contributed by atoms with van der Waals surface area (Å²) in [6.45, 7) is 9.96. The molecule has 0 aliphatic heterocycles.